The van der Waals surface area contributed by atoms with Crippen molar-refractivity contribution in [1.29, 1.82) is 0 Å². The molecule has 1 aromatic rings. The second kappa shape index (κ2) is 8.71. The summed E-state index contributed by atoms with van der Waals surface area (Å²) < 4.78 is 0. The highest BCUT2D eigenvalue weighted by Gasteiger charge is 2.21. The summed E-state index contributed by atoms with van der Waals surface area (Å²) in [4.78, 5) is 13.7. The molecule has 0 aromatic heterocycles. The van der Waals surface area contributed by atoms with Crippen LogP contribution in [0.1, 0.15) is 58.3 Å². The summed E-state index contributed by atoms with van der Waals surface area (Å²) in [6.07, 6.45) is 9.57. The summed E-state index contributed by atoms with van der Waals surface area (Å²) in [5.41, 5.74) is 2.16. The molecule has 1 aliphatic heterocycles. The number of hydrogen-bond donors (Lipinski definition) is 1. The van der Waals surface area contributed by atoms with E-state index in [1.54, 1.807) is 0 Å². The zero-order valence-corrected chi connectivity index (χ0v) is 13.2. The lowest BCUT2D eigenvalue weighted by molar-refractivity contribution is -0.117. The molecule has 1 aromatic carbocycles. The largest absolute Gasteiger partial charge is 0.385 e. The highest BCUT2D eigenvalue weighted by molar-refractivity contribution is 5.95. The van der Waals surface area contributed by atoms with Crippen LogP contribution >= 0.6 is 0 Å². The summed E-state index contributed by atoms with van der Waals surface area (Å²) in [6, 6.07) is 8.24. The topological polar surface area (TPSA) is 32.3 Å². The third-order valence-corrected chi connectivity index (χ3v) is 4.09. The van der Waals surface area contributed by atoms with Crippen molar-refractivity contribution in [3.63, 3.8) is 0 Å². The fourth-order valence-corrected chi connectivity index (χ4v) is 2.84. The zero-order valence-electron chi connectivity index (χ0n) is 13.2. The van der Waals surface area contributed by atoms with E-state index in [1.807, 2.05) is 17.0 Å². The predicted molar refractivity (Wildman–Crippen MR) is 89.9 cm³/mol. The summed E-state index contributed by atoms with van der Waals surface area (Å²) >= 11 is 0. The van der Waals surface area contributed by atoms with E-state index >= 15 is 0 Å². The first-order valence-corrected chi connectivity index (χ1v) is 8.45. The Morgan fingerprint density at radius 2 is 1.95 bits per heavy atom. The van der Waals surface area contributed by atoms with Gasteiger partial charge in [0.1, 0.15) is 0 Å². The van der Waals surface area contributed by atoms with Crippen molar-refractivity contribution in [3.05, 3.63) is 24.3 Å². The second-order valence-corrected chi connectivity index (χ2v) is 5.89. The lowest BCUT2D eigenvalue weighted by Crippen LogP contribution is -2.23. The number of anilines is 2. The number of benzene rings is 1. The summed E-state index contributed by atoms with van der Waals surface area (Å²) in [6.45, 7) is 4.13. The Bertz CT molecular complexity index is 445. The third-order valence-electron chi connectivity index (χ3n) is 4.09. The quantitative estimate of drug-likeness (QED) is 0.674. The average molecular weight is 288 g/mol. The van der Waals surface area contributed by atoms with Crippen LogP contribution in [0.3, 0.4) is 0 Å². The third kappa shape index (κ3) is 5.07. The van der Waals surface area contributed by atoms with E-state index in [0.717, 1.165) is 30.9 Å². The molecule has 3 heteroatoms. The number of nitrogens with zero attached hydrogens (tertiary/aromatic N) is 1. The fraction of sp³-hybridized carbons (Fsp3) is 0.611. The van der Waals surface area contributed by atoms with Crippen LogP contribution in [-0.2, 0) is 4.79 Å². The van der Waals surface area contributed by atoms with Gasteiger partial charge >= 0.3 is 0 Å². The number of hydrogen-bond acceptors (Lipinski definition) is 2. The van der Waals surface area contributed by atoms with E-state index < -0.39 is 0 Å². The zero-order chi connectivity index (χ0) is 14.9. The van der Waals surface area contributed by atoms with E-state index in [0.29, 0.717) is 6.42 Å². The molecule has 0 atom stereocenters. The van der Waals surface area contributed by atoms with Crippen LogP contribution < -0.4 is 10.2 Å². The van der Waals surface area contributed by atoms with Gasteiger partial charge in [-0.15, -0.1) is 0 Å². The Hall–Kier alpha value is -1.51. The number of unbranched alkanes of at least 4 members (excludes halogenated alkanes) is 5. The van der Waals surface area contributed by atoms with Gasteiger partial charge in [-0.25, -0.2) is 0 Å². The highest BCUT2D eigenvalue weighted by Crippen LogP contribution is 2.24. The molecule has 1 fully saturated rings. The van der Waals surface area contributed by atoms with Crippen LogP contribution in [0, 0.1) is 0 Å². The number of amides is 1. The van der Waals surface area contributed by atoms with Gasteiger partial charge in [0, 0.05) is 30.9 Å². The molecule has 0 spiro atoms. The molecule has 1 amide bonds. The van der Waals surface area contributed by atoms with Gasteiger partial charge in [0.05, 0.1) is 0 Å². The van der Waals surface area contributed by atoms with Gasteiger partial charge in [0.2, 0.25) is 5.91 Å². The highest BCUT2D eigenvalue weighted by atomic mass is 16.2. The van der Waals surface area contributed by atoms with Gasteiger partial charge < -0.3 is 10.2 Å². The molecule has 21 heavy (non-hydrogen) atoms. The number of carbonyl (C=O) groups excluding carboxylic acids is 1. The first-order valence-electron chi connectivity index (χ1n) is 8.45. The SMILES string of the molecule is CCCCCCCCNc1cccc(N2CCCC2=O)c1. The van der Waals surface area contributed by atoms with Crippen LogP contribution in [0.5, 0.6) is 0 Å². The minimum Gasteiger partial charge on any atom is -0.385 e. The van der Waals surface area contributed by atoms with Gasteiger partial charge in [-0.2, -0.15) is 0 Å². The predicted octanol–water partition coefficient (Wildman–Crippen LogP) is 4.59. The Kier molecular flexibility index (Phi) is 6.58. The van der Waals surface area contributed by atoms with E-state index in [2.05, 4.69) is 24.4 Å². The minimum absolute atomic E-state index is 0.253. The van der Waals surface area contributed by atoms with Gasteiger partial charge in [0.25, 0.3) is 0 Å². The Morgan fingerprint density at radius 3 is 2.71 bits per heavy atom. The molecule has 0 saturated carbocycles. The van der Waals surface area contributed by atoms with Crippen LogP contribution in [0.2, 0.25) is 0 Å². The molecule has 116 valence electrons. The summed E-state index contributed by atoms with van der Waals surface area (Å²) in [5, 5.41) is 3.48. The van der Waals surface area contributed by atoms with E-state index in [4.69, 9.17) is 0 Å². The van der Waals surface area contributed by atoms with Crippen molar-refractivity contribution in [2.24, 2.45) is 0 Å². The van der Waals surface area contributed by atoms with Crippen molar-refractivity contribution in [1.82, 2.24) is 0 Å². The van der Waals surface area contributed by atoms with Gasteiger partial charge in [-0.1, -0.05) is 45.1 Å². The molecule has 1 heterocycles. The van der Waals surface area contributed by atoms with Crippen LogP contribution in [-0.4, -0.2) is 19.0 Å². The second-order valence-electron chi connectivity index (χ2n) is 5.89. The lowest BCUT2D eigenvalue weighted by atomic mass is 10.1. The van der Waals surface area contributed by atoms with Crippen molar-refractivity contribution < 1.29 is 4.79 Å². The van der Waals surface area contributed by atoms with Crippen LogP contribution in [0.15, 0.2) is 24.3 Å². The fourth-order valence-electron chi connectivity index (χ4n) is 2.84. The molecule has 0 unspecified atom stereocenters. The van der Waals surface area contributed by atoms with Crippen LogP contribution in [0.4, 0.5) is 11.4 Å². The van der Waals surface area contributed by atoms with Crippen molar-refractivity contribution in [2.75, 3.05) is 23.3 Å². The van der Waals surface area contributed by atoms with Crippen molar-refractivity contribution in [3.8, 4) is 0 Å². The van der Waals surface area contributed by atoms with E-state index in [-0.39, 0.29) is 5.91 Å². The maximum absolute atomic E-state index is 11.8. The maximum atomic E-state index is 11.8. The minimum atomic E-state index is 0.253. The van der Waals surface area contributed by atoms with E-state index in [9.17, 15) is 4.79 Å². The van der Waals surface area contributed by atoms with Gasteiger partial charge in [0.15, 0.2) is 0 Å². The smallest absolute Gasteiger partial charge is 0.227 e. The normalized spacial score (nSPS) is 14.7. The van der Waals surface area contributed by atoms with Gasteiger partial charge in [-0.05, 0) is 31.0 Å². The molecular formula is C18H28N2O. The molecule has 2 rings (SSSR count). The first kappa shape index (κ1) is 15.9. The molecule has 1 aliphatic rings. The molecule has 1 N–H and O–H groups in total. The molecule has 0 aliphatic carbocycles. The Labute approximate surface area is 128 Å². The van der Waals surface area contributed by atoms with E-state index in [1.165, 1.54) is 38.5 Å². The molecule has 0 bridgehead atoms. The summed E-state index contributed by atoms with van der Waals surface area (Å²) in [5.74, 6) is 0.253. The molecule has 3 nitrogen and oxygen atoms in total. The summed E-state index contributed by atoms with van der Waals surface area (Å²) in [7, 11) is 0. The van der Waals surface area contributed by atoms with Gasteiger partial charge in [-0.3, -0.25) is 4.79 Å². The number of carbonyl (C=O) groups is 1. The molecule has 1 saturated heterocycles. The Morgan fingerprint density at radius 1 is 1.14 bits per heavy atom. The first-order chi connectivity index (χ1) is 10.3. The number of rotatable bonds is 9. The van der Waals surface area contributed by atoms with Crippen molar-refractivity contribution in [2.45, 2.75) is 58.3 Å². The lowest BCUT2D eigenvalue weighted by Gasteiger charge is -2.17. The maximum Gasteiger partial charge on any atom is 0.227 e. The molecule has 0 radical (unpaired) electrons. The number of nitrogens with one attached hydrogen (secondary N) is 1. The molecular weight excluding hydrogens is 260 g/mol. The monoisotopic (exact) mass is 288 g/mol. The Balaban J connectivity index is 1.72. The standard InChI is InChI=1S/C18H28N2O/c1-2-3-4-5-6-7-13-19-16-10-8-11-17(15-16)20-14-9-12-18(20)21/h8,10-11,15,19H,2-7,9,12-14H2,1H3. The van der Waals surface area contributed by atoms with Crippen molar-refractivity contribution >= 4 is 17.3 Å². The van der Waals surface area contributed by atoms with Crippen LogP contribution in [0.25, 0.3) is 0 Å². The average Bonchev–Trinajstić information content (AvgIpc) is 2.93.